The van der Waals surface area contributed by atoms with E-state index in [1.807, 2.05) is 72.8 Å². The maximum absolute atomic E-state index is 5.96. The van der Waals surface area contributed by atoms with Gasteiger partial charge >= 0.3 is 0 Å². The van der Waals surface area contributed by atoms with Gasteiger partial charge in [0.25, 0.3) is 0 Å². The fraction of sp³-hybridized carbons (Fsp3) is 0.0385. The SMILES string of the molecule is Nc1ccc(COc2ccc(-c3nc4cc(-c5ccccc5)ccc4o3)cc2)cc1. The molecule has 146 valence electrons. The lowest BCUT2D eigenvalue weighted by Crippen LogP contribution is -1.95. The third-order valence-electron chi connectivity index (χ3n) is 4.98. The highest BCUT2D eigenvalue weighted by molar-refractivity contribution is 5.82. The summed E-state index contributed by atoms with van der Waals surface area (Å²) in [5.74, 6) is 1.39. The average Bonchev–Trinajstić information content (AvgIpc) is 3.23. The number of oxazole rings is 1. The standard InChI is InChI=1S/C26H20N2O2/c27-22-11-6-18(7-12-22)17-29-23-13-8-20(9-14-23)26-28-24-16-21(10-15-25(24)30-26)19-4-2-1-3-5-19/h1-16H,17,27H2. The number of aromatic nitrogens is 1. The van der Waals surface area contributed by atoms with E-state index in [9.17, 15) is 0 Å². The Bertz CT molecular complexity index is 1270. The molecule has 0 saturated heterocycles. The van der Waals surface area contributed by atoms with Crippen LogP contribution in [0.1, 0.15) is 5.56 Å². The van der Waals surface area contributed by atoms with Crippen LogP contribution in [0.5, 0.6) is 5.75 Å². The molecule has 4 aromatic carbocycles. The summed E-state index contributed by atoms with van der Waals surface area (Å²) in [5.41, 5.74) is 12.3. The smallest absolute Gasteiger partial charge is 0.227 e. The van der Waals surface area contributed by atoms with Crippen LogP contribution in [0.25, 0.3) is 33.7 Å². The van der Waals surface area contributed by atoms with E-state index >= 15 is 0 Å². The third kappa shape index (κ3) is 3.76. The number of hydrogen-bond donors (Lipinski definition) is 1. The molecule has 4 nitrogen and oxygen atoms in total. The van der Waals surface area contributed by atoms with Crippen molar-refractivity contribution in [3.63, 3.8) is 0 Å². The van der Waals surface area contributed by atoms with Crippen molar-refractivity contribution in [3.8, 4) is 28.3 Å². The van der Waals surface area contributed by atoms with E-state index in [2.05, 4.69) is 29.2 Å². The van der Waals surface area contributed by atoms with Crippen LogP contribution in [0.4, 0.5) is 5.69 Å². The first-order valence-electron chi connectivity index (χ1n) is 9.78. The Morgan fingerprint density at radius 2 is 1.47 bits per heavy atom. The van der Waals surface area contributed by atoms with E-state index < -0.39 is 0 Å². The predicted molar refractivity (Wildman–Crippen MR) is 120 cm³/mol. The molecule has 0 saturated carbocycles. The number of rotatable bonds is 5. The van der Waals surface area contributed by atoms with Gasteiger partial charge in [-0.25, -0.2) is 4.98 Å². The molecule has 0 unspecified atom stereocenters. The largest absolute Gasteiger partial charge is 0.489 e. The van der Waals surface area contributed by atoms with Gasteiger partial charge in [0, 0.05) is 11.3 Å². The summed E-state index contributed by atoms with van der Waals surface area (Å²) in [6, 6.07) is 31.8. The van der Waals surface area contributed by atoms with Crippen LogP contribution in [0.3, 0.4) is 0 Å². The zero-order valence-electron chi connectivity index (χ0n) is 16.3. The molecule has 2 N–H and O–H groups in total. The molecule has 4 heteroatoms. The molecular formula is C26H20N2O2. The highest BCUT2D eigenvalue weighted by Gasteiger charge is 2.10. The molecule has 0 spiro atoms. The second kappa shape index (κ2) is 7.76. The van der Waals surface area contributed by atoms with Crippen molar-refractivity contribution in [2.75, 3.05) is 5.73 Å². The fourth-order valence-electron chi connectivity index (χ4n) is 3.34. The summed E-state index contributed by atoms with van der Waals surface area (Å²) in [6.07, 6.45) is 0. The number of fused-ring (bicyclic) bond motifs is 1. The first kappa shape index (κ1) is 18.0. The maximum Gasteiger partial charge on any atom is 0.227 e. The molecular weight excluding hydrogens is 372 g/mol. The summed E-state index contributed by atoms with van der Waals surface area (Å²) in [6.45, 7) is 0.491. The van der Waals surface area contributed by atoms with Crippen molar-refractivity contribution in [2.24, 2.45) is 0 Å². The van der Waals surface area contributed by atoms with Crippen LogP contribution >= 0.6 is 0 Å². The number of nitrogens with zero attached hydrogens (tertiary/aromatic N) is 1. The summed E-state index contributed by atoms with van der Waals surface area (Å²) in [5, 5.41) is 0. The van der Waals surface area contributed by atoms with Gasteiger partial charge in [-0.2, -0.15) is 0 Å². The lowest BCUT2D eigenvalue weighted by atomic mass is 10.1. The van der Waals surface area contributed by atoms with Gasteiger partial charge in [-0.15, -0.1) is 0 Å². The summed E-state index contributed by atoms with van der Waals surface area (Å²) in [7, 11) is 0. The van der Waals surface area contributed by atoms with Crippen molar-refractivity contribution in [3.05, 3.63) is 103 Å². The Kier molecular flexibility index (Phi) is 4.66. The van der Waals surface area contributed by atoms with Crippen LogP contribution in [-0.2, 0) is 6.61 Å². The van der Waals surface area contributed by atoms with Gasteiger partial charge in [-0.3, -0.25) is 0 Å². The Hall–Kier alpha value is -4.05. The molecule has 5 aromatic rings. The topological polar surface area (TPSA) is 61.3 Å². The highest BCUT2D eigenvalue weighted by atomic mass is 16.5. The number of benzene rings is 4. The van der Waals surface area contributed by atoms with Gasteiger partial charge in [0.2, 0.25) is 5.89 Å². The molecule has 5 rings (SSSR count). The van der Waals surface area contributed by atoms with Gasteiger partial charge in [-0.05, 0) is 65.2 Å². The van der Waals surface area contributed by atoms with Crippen LogP contribution in [0.2, 0.25) is 0 Å². The van der Waals surface area contributed by atoms with Crippen molar-refractivity contribution in [2.45, 2.75) is 6.61 Å². The Morgan fingerprint density at radius 1 is 0.733 bits per heavy atom. The molecule has 1 heterocycles. The zero-order valence-corrected chi connectivity index (χ0v) is 16.3. The second-order valence-electron chi connectivity index (χ2n) is 7.12. The summed E-state index contributed by atoms with van der Waals surface area (Å²) in [4.78, 5) is 4.68. The number of nitrogens with two attached hydrogens (primary N) is 1. The molecule has 0 aliphatic heterocycles. The molecule has 0 fully saturated rings. The summed E-state index contributed by atoms with van der Waals surface area (Å²) >= 11 is 0. The van der Waals surface area contributed by atoms with Crippen LogP contribution in [0, 0.1) is 0 Å². The second-order valence-corrected chi connectivity index (χ2v) is 7.12. The highest BCUT2D eigenvalue weighted by Crippen LogP contribution is 2.29. The Balaban J connectivity index is 1.34. The minimum atomic E-state index is 0.491. The van der Waals surface area contributed by atoms with Crippen molar-refractivity contribution < 1.29 is 9.15 Å². The van der Waals surface area contributed by atoms with Crippen molar-refractivity contribution in [1.29, 1.82) is 0 Å². The van der Waals surface area contributed by atoms with E-state index in [0.29, 0.717) is 12.5 Å². The lowest BCUT2D eigenvalue weighted by Gasteiger charge is -2.07. The molecule has 0 aliphatic carbocycles. The van der Waals surface area contributed by atoms with E-state index in [-0.39, 0.29) is 0 Å². The van der Waals surface area contributed by atoms with Crippen molar-refractivity contribution in [1.82, 2.24) is 4.98 Å². The first-order chi connectivity index (χ1) is 14.7. The van der Waals surface area contributed by atoms with Crippen LogP contribution in [0.15, 0.2) is 101 Å². The van der Waals surface area contributed by atoms with E-state index in [1.165, 1.54) is 0 Å². The quantitative estimate of drug-likeness (QED) is 0.355. The molecule has 0 aliphatic rings. The Morgan fingerprint density at radius 3 is 2.23 bits per heavy atom. The van der Waals surface area contributed by atoms with Crippen LogP contribution < -0.4 is 10.5 Å². The van der Waals surface area contributed by atoms with Gasteiger partial charge in [-0.1, -0.05) is 48.5 Å². The maximum atomic E-state index is 5.96. The number of anilines is 1. The van der Waals surface area contributed by atoms with Gasteiger partial charge in [0.15, 0.2) is 5.58 Å². The molecule has 0 bridgehead atoms. The molecule has 0 amide bonds. The normalized spacial score (nSPS) is 10.9. The average molecular weight is 392 g/mol. The van der Waals surface area contributed by atoms with Gasteiger partial charge in [0.05, 0.1) is 0 Å². The number of hydrogen-bond acceptors (Lipinski definition) is 4. The van der Waals surface area contributed by atoms with E-state index in [1.54, 1.807) is 0 Å². The molecule has 0 atom stereocenters. The predicted octanol–water partition coefficient (Wildman–Crippen LogP) is 6.32. The summed E-state index contributed by atoms with van der Waals surface area (Å²) < 4.78 is 11.8. The van der Waals surface area contributed by atoms with Gasteiger partial charge in [0.1, 0.15) is 17.9 Å². The van der Waals surface area contributed by atoms with Gasteiger partial charge < -0.3 is 14.9 Å². The minimum absolute atomic E-state index is 0.491. The van der Waals surface area contributed by atoms with E-state index in [4.69, 9.17) is 14.9 Å². The minimum Gasteiger partial charge on any atom is -0.489 e. The molecule has 0 radical (unpaired) electrons. The zero-order chi connectivity index (χ0) is 20.3. The van der Waals surface area contributed by atoms with E-state index in [0.717, 1.165) is 44.8 Å². The molecule has 1 aromatic heterocycles. The van der Waals surface area contributed by atoms with Crippen LogP contribution in [-0.4, -0.2) is 4.98 Å². The number of ether oxygens (including phenoxy) is 1. The monoisotopic (exact) mass is 392 g/mol. The van der Waals surface area contributed by atoms with Crippen molar-refractivity contribution >= 4 is 16.8 Å². The lowest BCUT2D eigenvalue weighted by molar-refractivity contribution is 0.306. The number of nitrogen functional groups attached to an aromatic ring is 1. The Labute approximate surface area is 174 Å². The first-order valence-corrected chi connectivity index (χ1v) is 9.78. The molecule has 30 heavy (non-hydrogen) atoms. The third-order valence-corrected chi connectivity index (χ3v) is 4.98. The fourth-order valence-corrected chi connectivity index (χ4v) is 3.34.